The molecule has 0 amide bonds. The zero-order chi connectivity index (χ0) is 25.3. The maximum Gasteiger partial charge on any atom is 0.0970 e. The van der Waals surface area contributed by atoms with Gasteiger partial charge < -0.3 is 0 Å². The molecule has 4 heterocycles. The van der Waals surface area contributed by atoms with Crippen LogP contribution in [0.1, 0.15) is 0 Å². The third-order valence-corrected chi connectivity index (χ3v) is 6.93. The fourth-order valence-corrected chi connectivity index (χ4v) is 5.04. The predicted molar refractivity (Wildman–Crippen MR) is 154 cm³/mol. The quantitative estimate of drug-likeness (QED) is 0.235. The second kappa shape index (κ2) is 9.34. The van der Waals surface area contributed by atoms with Crippen molar-refractivity contribution >= 4 is 21.8 Å². The van der Waals surface area contributed by atoms with E-state index in [0.717, 1.165) is 66.3 Å². The Morgan fingerprint density at radius 2 is 1.00 bits per heavy atom. The summed E-state index contributed by atoms with van der Waals surface area (Å²) in [5.74, 6) is 0. The van der Waals surface area contributed by atoms with Crippen LogP contribution in [0.25, 0.3) is 66.3 Å². The smallest absolute Gasteiger partial charge is 0.0970 e. The van der Waals surface area contributed by atoms with Crippen molar-refractivity contribution in [2.75, 3.05) is 0 Å². The summed E-state index contributed by atoms with van der Waals surface area (Å²) in [5, 5.41) is 2.20. The summed E-state index contributed by atoms with van der Waals surface area (Å²) < 4.78 is 0. The average Bonchev–Trinajstić information content (AvgIpc) is 3.01. The molecule has 7 rings (SSSR count). The van der Waals surface area contributed by atoms with E-state index in [4.69, 9.17) is 0 Å². The fraction of sp³-hybridized carbons (Fsp3) is 0. The van der Waals surface area contributed by atoms with Crippen LogP contribution < -0.4 is 0 Å². The first-order valence-electron chi connectivity index (χ1n) is 12.5. The molecule has 0 saturated heterocycles. The molecule has 4 aromatic heterocycles. The van der Waals surface area contributed by atoms with Gasteiger partial charge in [0, 0.05) is 59.1 Å². The average molecular weight is 487 g/mol. The van der Waals surface area contributed by atoms with Crippen molar-refractivity contribution < 1.29 is 0 Å². The number of aromatic nitrogens is 4. The number of pyridine rings is 4. The van der Waals surface area contributed by atoms with Crippen molar-refractivity contribution in [3.05, 3.63) is 134 Å². The summed E-state index contributed by atoms with van der Waals surface area (Å²) >= 11 is 0. The molecule has 4 heteroatoms. The summed E-state index contributed by atoms with van der Waals surface area (Å²) in [6, 6.07) is 33.9. The molecule has 0 bridgehead atoms. The van der Waals surface area contributed by atoms with E-state index in [1.165, 1.54) is 0 Å². The lowest BCUT2D eigenvalue weighted by Crippen LogP contribution is -1.89. The third-order valence-electron chi connectivity index (χ3n) is 6.93. The highest BCUT2D eigenvalue weighted by molar-refractivity contribution is 6.08. The van der Waals surface area contributed by atoms with Crippen LogP contribution in [-0.4, -0.2) is 19.9 Å². The van der Waals surface area contributed by atoms with Gasteiger partial charge in [0.1, 0.15) is 0 Å². The van der Waals surface area contributed by atoms with Crippen LogP contribution >= 0.6 is 0 Å². The third kappa shape index (κ3) is 3.98. The lowest BCUT2D eigenvalue weighted by Gasteiger charge is -2.12. The number of fused-ring (bicyclic) bond motifs is 3. The molecular formula is C34H22N4. The van der Waals surface area contributed by atoms with Crippen LogP contribution in [0.15, 0.2) is 134 Å². The highest BCUT2D eigenvalue weighted by atomic mass is 14.7. The van der Waals surface area contributed by atoms with E-state index in [9.17, 15) is 0 Å². The van der Waals surface area contributed by atoms with Gasteiger partial charge in [0.25, 0.3) is 0 Å². The Hall–Kier alpha value is -5.22. The van der Waals surface area contributed by atoms with Crippen LogP contribution in [0.2, 0.25) is 0 Å². The van der Waals surface area contributed by atoms with Crippen molar-refractivity contribution in [1.29, 1.82) is 0 Å². The zero-order valence-corrected chi connectivity index (χ0v) is 20.5. The zero-order valence-electron chi connectivity index (χ0n) is 20.5. The van der Waals surface area contributed by atoms with E-state index < -0.39 is 0 Å². The molecule has 4 nitrogen and oxygen atoms in total. The Labute approximate surface area is 220 Å². The normalized spacial score (nSPS) is 11.2. The standard InChI is InChI=1S/C34H22N4/c1-5-26(21-35-14-1)29-18-28(19-30(20-29)27-6-2-15-36-22-27)23-7-9-24(10-8-23)31-13-17-38-34-32(31)12-11-25-4-3-16-37-33(25)34/h1-22H. The van der Waals surface area contributed by atoms with E-state index in [1.54, 1.807) is 12.4 Å². The predicted octanol–water partition coefficient (Wildman–Crippen LogP) is 8.24. The Kier molecular flexibility index (Phi) is 5.41. The Bertz CT molecular complexity index is 1840. The Morgan fingerprint density at radius 1 is 0.395 bits per heavy atom. The molecule has 0 aliphatic carbocycles. The number of rotatable bonds is 4. The van der Waals surface area contributed by atoms with Gasteiger partial charge in [0.05, 0.1) is 11.0 Å². The molecule has 0 saturated carbocycles. The molecule has 0 radical (unpaired) electrons. The van der Waals surface area contributed by atoms with Crippen LogP contribution in [0, 0.1) is 0 Å². The van der Waals surface area contributed by atoms with E-state index >= 15 is 0 Å². The molecule has 7 aromatic rings. The lowest BCUT2D eigenvalue weighted by atomic mass is 9.93. The minimum atomic E-state index is 0.926. The van der Waals surface area contributed by atoms with Gasteiger partial charge >= 0.3 is 0 Å². The van der Waals surface area contributed by atoms with Crippen LogP contribution in [-0.2, 0) is 0 Å². The molecule has 3 aromatic carbocycles. The van der Waals surface area contributed by atoms with Gasteiger partial charge in [0.15, 0.2) is 0 Å². The van der Waals surface area contributed by atoms with Crippen LogP contribution in [0.3, 0.4) is 0 Å². The minimum absolute atomic E-state index is 0.926. The largest absolute Gasteiger partial charge is 0.264 e. The maximum atomic E-state index is 4.66. The van der Waals surface area contributed by atoms with E-state index in [1.807, 2.05) is 43.0 Å². The van der Waals surface area contributed by atoms with Crippen molar-refractivity contribution in [3.63, 3.8) is 0 Å². The molecule has 38 heavy (non-hydrogen) atoms. The minimum Gasteiger partial charge on any atom is -0.264 e. The van der Waals surface area contributed by atoms with Gasteiger partial charge in [-0.3, -0.25) is 19.9 Å². The Balaban J connectivity index is 1.33. The van der Waals surface area contributed by atoms with Crippen molar-refractivity contribution in [2.24, 2.45) is 0 Å². The SMILES string of the molecule is c1cncc(-c2cc(-c3ccc(-c4ccnc5c4ccc4cccnc45)cc3)cc(-c3cccnc3)c2)c1. The first-order valence-corrected chi connectivity index (χ1v) is 12.5. The monoisotopic (exact) mass is 486 g/mol. The van der Waals surface area contributed by atoms with Crippen LogP contribution in [0.5, 0.6) is 0 Å². The number of benzene rings is 3. The van der Waals surface area contributed by atoms with Gasteiger partial charge in [-0.25, -0.2) is 0 Å². The Morgan fingerprint density at radius 3 is 1.66 bits per heavy atom. The molecule has 0 aliphatic heterocycles. The topological polar surface area (TPSA) is 51.6 Å². The second-order valence-electron chi connectivity index (χ2n) is 9.26. The van der Waals surface area contributed by atoms with E-state index in [-0.39, 0.29) is 0 Å². The van der Waals surface area contributed by atoms with E-state index in [0.29, 0.717) is 0 Å². The van der Waals surface area contributed by atoms with E-state index in [2.05, 4.69) is 98.8 Å². The summed E-state index contributed by atoms with van der Waals surface area (Å²) in [6.07, 6.45) is 11.1. The fourth-order valence-electron chi connectivity index (χ4n) is 5.04. The summed E-state index contributed by atoms with van der Waals surface area (Å²) in [6.45, 7) is 0. The molecule has 0 aliphatic rings. The molecule has 0 fully saturated rings. The van der Waals surface area contributed by atoms with Crippen molar-refractivity contribution in [2.45, 2.75) is 0 Å². The highest BCUT2D eigenvalue weighted by Crippen LogP contribution is 2.35. The summed E-state index contributed by atoms with van der Waals surface area (Å²) in [4.78, 5) is 17.9. The first kappa shape index (κ1) is 22.0. The number of nitrogens with zero attached hydrogens (tertiary/aromatic N) is 4. The van der Waals surface area contributed by atoms with Gasteiger partial charge in [-0.15, -0.1) is 0 Å². The molecule has 0 spiro atoms. The van der Waals surface area contributed by atoms with Gasteiger partial charge in [-0.05, 0) is 75.8 Å². The lowest BCUT2D eigenvalue weighted by molar-refractivity contribution is 1.32. The van der Waals surface area contributed by atoms with Gasteiger partial charge in [-0.2, -0.15) is 0 Å². The maximum absolute atomic E-state index is 4.66. The molecule has 0 atom stereocenters. The summed E-state index contributed by atoms with van der Waals surface area (Å²) in [5.41, 5.74) is 10.9. The molecule has 0 N–H and O–H groups in total. The van der Waals surface area contributed by atoms with Crippen molar-refractivity contribution in [1.82, 2.24) is 19.9 Å². The number of hydrogen-bond acceptors (Lipinski definition) is 4. The number of hydrogen-bond donors (Lipinski definition) is 0. The molecule has 0 unspecified atom stereocenters. The molecular weight excluding hydrogens is 464 g/mol. The summed E-state index contributed by atoms with van der Waals surface area (Å²) in [7, 11) is 0. The van der Waals surface area contributed by atoms with Gasteiger partial charge in [0.2, 0.25) is 0 Å². The second-order valence-corrected chi connectivity index (χ2v) is 9.26. The van der Waals surface area contributed by atoms with Gasteiger partial charge in [-0.1, -0.05) is 54.6 Å². The molecule has 178 valence electrons. The van der Waals surface area contributed by atoms with Crippen LogP contribution in [0.4, 0.5) is 0 Å². The highest BCUT2D eigenvalue weighted by Gasteiger charge is 2.11. The first-order chi connectivity index (χ1) is 18.8. The van der Waals surface area contributed by atoms with Crippen molar-refractivity contribution in [3.8, 4) is 44.5 Å².